The van der Waals surface area contributed by atoms with E-state index < -0.39 is 0 Å². The summed E-state index contributed by atoms with van der Waals surface area (Å²) in [5, 5.41) is 3.27. The van der Waals surface area contributed by atoms with E-state index in [2.05, 4.69) is 42.4 Å². The Hall–Kier alpha value is -1.10. The molecule has 1 N–H and O–H groups in total. The predicted molar refractivity (Wildman–Crippen MR) is 83.3 cm³/mol. The summed E-state index contributed by atoms with van der Waals surface area (Å²) in [6.45, 7) is 4.87. The van der Waals surface area contributed by atoms with Gasteiger partial charge in [0.2, 0.25) is 0 Å². The van der Waals surface area contributed by atoms with Gasteiger partial charge in [-0.3, -0.25) is 0 Å². The molecule has 0 saturated carbocycles. The summed E-state index contributed by atoms with van der Waals surface area (Å²) in [6.07, 6.45) is 1.04. The topological polar surface area (TPSA) is 33.7 Å². The second-order valence-electron chi connectivity index (χ2n) is 5.17. The molecule has 20 heavy (non-hydrogen) atoms. The number of methoxy groups -OCH3 is 2. The van der Waals surface area contributed by atoms with E-state index in [4.69, 9.17) is 9.47 Å². The number of nitrogens with one attached hydrogen (secondary N) is 1. The molecule has 0 radical (unpaired) electrons. The monoisotopic (exact) mass is 280 g/mol. The number of nitrogens with zero attached hydrogens (tertiary/aromatic N) is 1. The van der Waals surface area contributed by atoms with Gasteiger partial charge in [-0.25, -0.2) is 0 Å². The lowest BCUT2D eigenvalue weighted by atomic mass is 10.0. The van der Waals surface area contributed by atoms with Crippen LogP contribution in [0, 0.1) is 0 Å². The van der Waals surface area contributed by atoms with Crippen molar-refractivity contribution in [3.05, 3.63) is 29.3 Å². The van der Waals surface area contributed by atoms with Crippen LogP contribution in [-0.2, 0) is 11.3 Å². The third-order valence-electron chi connectivity index (χ3n) is 3.57. The first-order chi connectivity index (χ1) is 9.62. The summed E-state index contributed by atoms with van der Waals surface area (Å²) in [5.74, 6) is 0.954. The largest absolute Gasteiger partial charge is 0.496 e. The Morgan fingerprint density at radius 2 is 2.05 bits per heavy atom. The average molecular weight is 280 g/mol. The summed E-state index contributed by atoms with van der Waals surface area (Å²) < 4.78 is 10.6. The molecule has 0 aliphatic rings. The first-order valence-corrected chi connectivity index (χ1v) is 7.14. The molecule has 1 unspecified atom stereocenters. The van der Waals surface area contributed by atoms with Crippen LogP contribution in [0.4, 0.5) is 0 Å². The SMILES string of the molecule is CNC(C)c1ccc(OC)c(CN(C)CCCOC)c1. The smallest absolute Gasteiger partial charge is 0.123 e. The Labute approximate surface area is 123 Å². The Bertz CT molecular complexity index is 396. The van der Waals surface area contributed by atoms with Crippen LogP contribution >= 0.6 is 0 Å². The molecule has 1 rings (SSSR count). The summed E-state index contributed by atoms with van der Waals surface area (Å²) >= 11 is 0. The second kappa shape index (κ2) is 8.95. The molecule has 1 aromatic carbocycles. The molecule has 0 bridgehead atoms. The molecule has 0 fully saturated rings. The minimum atomic E-state index is 0.346. The van der Waals surface area contributed by atoms with Crippen LogP contribution in [0.15, 0.2) is 18.2 Å². The molecule has 0 heterocycles. The number of benzene rings is 1. The van der Waals surface area contributed by atoms with Gasteiger partial charge in [0.25, 0.3) is 0 Å². The molecule has 0 aliphatic carbocycles. The van der Waals surface area contributed by atoms with Crippen molar-refractivity contribution in [3.63, 3.8) is 0 Å². The lowest BCUT2D eigenvalue weighted by Gasteiger charge is -2.20. The first kappa shape index (κ1) is 17.0. The Morgan fingerprint density at radius 3 is 2.65 bits per heavy atom. The second-order valence-corrected chi connectivity index (χ2v) is 5.17. The van der Waals surface area contributed by atoms with Gasteiger partial charge in [-0.1, -0.05) is 6.07 Å². The quantitative estimate of drug-likeness (QED) is 0.705. The molecule has 1 atom stereocenters. The highest BCUT2D eigenvalue weighted by molar-refractivity contribution is 5.38. The van der Waals surface area contributed by atoms with Crippen molar-refractivity contribution in [3.8, 4) is 5.75 Å². The highest BCUT2D eigenvalue weighted by Gasteiger charge is 2.10. The number of rotatable bonds is 9. The maximum Gasteiger partial charge on any atom is 0.123 e. The number of hydrogen-bond donors (Lipinski definition) is 1. The van der Waals surface area contributed by atoms with Crippen LogP contribution < -0.4 is 10.1 Å². The lowest BCUT2D eigenvalue weighted by molar-refractivity contribution is 0.178. The van der Waals surface area contributed by atoms with E-state index in [1.54, 1.807) is 14.2 Å². The number of hydrogen-bond acceptors (Lipinski definition) is 4. The van der Waals surface area contributed by atoms with Crippen LogP contribution in [0.1, 0.15) is 30.5 Å². The van der Waals surface area contributed by atoms with Gasteiger partial charge in [0.05, 0.1) is 7.11 Å². The lowest BCUT2D eigenvalue weighted by Crippen LogP contribution is -2.21. The summed E-state index contributed by atoms with van der Waals surface area (Å²) in [7, 11) is 7.57. The van der Waals surface area contributed by atoms with E-state index in [1.165, 1.54) is 11.1 Å². The summed E-state index contributed by atoms with van der Waals surface area (Å²) in [6, 6.07) is 6.75. The average Bonchev–Trinajstić information content (AvgIpc) is 2.46. The van der Waals surface area contributed by atoms with Gasteiger partial charge in [-0.15, -0.1) is 0 Å². The van der Waals surface area contributed by atoms with Crippen LogP contribution in [-0.4, -0.2) is 46.4 Å². The maximum atomic E-state index is 5.47. The van der Waals surface area contributed by atoms with Crippen molar-refractivity contribution < 1.29 is 9.47 Å². The Morgan fingerprint density at radius 1 is 1.30 bits per heavy atom. The standard InChI is InChI=1S/C16H28N2O2/c1-13(17-2)14-7-8-16(20-5)15(11-14)12-18(3)9-6-10-19-4/h7-8,11,13,17H,6,9-10,12H2,1-5H3. The fraction of sp³-hybridized carbons (Fsp3) is 0.625. The van der Waals surface area contributed by atoms with Gasteiger partial charge in [-0.05, 0) is 45.1 Å². The minimum Gasteiger partial charge on any atom is -0.496 e. The summed E-state index contributed by atoms with van der Waals surface area (Å²) in [5.41, 5.74) is 2.51. The normalized spacial score (nSPS) is 12.7. The fourth-order valence-corrected chi connectivity index (χ4v) is 2.21. The molecular formula is C16H28N2O2. The molecule has 0 spiro atoms. The Kier molecular flexibility index (Phi) is 7.59. The van der Waals surface area contributed by atoms with Gasteiger partial charge >= 0.3 is 0 Å². The van der Waals surface area contributed by atoms with Crippen molar-refractivity contribution in [1.29, 1.82) is 0 Å². The molecule has 0 amide bonds. The van der Waals surface area contributed by atoms with Crippen molar-refractivity contribution in [2.45, 2.75) is 25.9 Å². The minimum absolute atomic E-state index is 0.346. The van der Waals surface area contributed by atoms with E-state index in [0.717, 1.165) is 31.9 Å². The van der Waals surface area contributed by atoms with E-state index in [-0.39, 0.29) is 0 Å². The molecule has 0 aromatic heterocycles. The molecule has 4 heteroatoms. The third kappa shape index (κ3) is 5.12. The van der Waals surface area contributed by atoms with Gasteiger partial charge in [0.15, 0.2) is 0 Å². The number of ether oxygens (including phenoxy) is 2. The van der Waals surface area contributed by atoms with Crippen LogP contribution in [0.2, 0.25) is 0 Å². The van der Waals surface area contributed by atoms with E-state index >= 15 is 0 Å². The molecule has 4 nitrogen and oxygen atoms in total. The third-order valence-corrected chi connectivity index (χ3v) is 3.57. The van der Waals surface area contributed by atoms with Crippen molar-refractivity contribution >= 4 is 0 Å². The Balaban J connectivity index is 2.75. The molecule has 0 saturated heterocycles. The fourth-order valence-electron chi connectivity index (χ4n) is 2.21. The maximum absolute atomic E-state index is 5.47. The van der Waals surface area contributed by atoms with Crippen molar-refractivity contribution in [2.75, 3.05) is 41.5 Å². The van der Waals surface area contributed by atoms with Gasteiger partial charge in [-0.2, -0.15) is 0 Å². The molecule has 0 aliphatic heterocycles. The van der Waals surface area contributed by atoms with Crippen molar-refractivity contribution in [1.82, 2.24) is 10.2 Å². The predicted octanol–water partition coefficient (Wildman–Crippen LogP) is 2.44. The van der Waals surface area contributed by atoms with Crippen LogP contribution in [0.25, 0.3) is 0 Å². The van der Waals surface area contributed by atoms with Gasteiger partial charge < -0.3 is 19.7 Å². The van der Waals surface area contributed by atoms with Gasteiger partial charge in [0, 0.05) is 38.4 Å². The molecule has 114 valence electrons. The zero-order valence-corrected chi connectivity index (χ0v) is 13.4. The highest BCUT2D eigenvalue weighted by Crippen LogP contribution is 2.24. The van der Waals surface area contributed by atoms with Crippen LogP contribution in [0.3, 0.4) is 0 Å². The zero-order valence-electron chi connectivity index (χ0n) is 13.4. The van der Waals surface area contributed by atoms with E-state index in [0.29, 0.717) is 6.04 Å². The molecular weight excluding hydrogens is 252 g/mol. The van der Waals surface area contributed by atoms with Crippen LogP contribution in [0.5, 0.6) is 5.75 Å². The van der Waals surface area contributed by atoms with E-state index in [1.807, 2.05) is 7.05 Å². The zero-order chi connectivity index (χ0) is 15.0. The first-order valence-electron chi connectivity index (χ1n) is 7.14. The highest BCUT2D eigenvalue weighted by atomic mass is 16.5. The van der Waals surface area contributed by atoms with Gasteiger partial charge in [0.1, 0.15) is 5.75 Å². The van der Waals surface area contributed by atoms with Crippen molar-refractivity contribution in [2.24, 2.45) is 0 Å². The summed E-state index contributed by atoms with van der Waals surface area (Å²) in [4.78, 5) is 2.30. The van der Waals surface area contributed by atoms with E-state index in [9.17, 15) is 0 Å². The molecule has 1 aromatic rings.